The minimum absolute atomic E-state index is 0.182. The number of hydrogen-bond donors (Lipinski definition) is 3. The van der Waals surface area contributed by atoms with Crippen molar-refractivity contribution in [1.82, 2.24) is 15.5 Å². The van der Waals surface area contributed by atoms with Crippen LogP contribution in [-0.4, -0.2) is 47.4 Å². The third-order valence-corrected chi connectivity index (χ3v) is 3.79. The summed E-state index contributed by atoms with van der Waals surface area (Å²) in [5, 5.41) is 4.82. The van der Waals surface area contributed by atoms with E-state index in [9.17, 15) is 14.4 Å². The Balaban J connectivity index is 2.09. The van der Waals surface area contributed by atoms with Gasteiger partial charge in [0.1, 0.15) is 5.54 Å². The molecule has 1 unspecified atom stereocenters. The lowest BCUT2D eigenvalue weighted by Crippen LogP contribution is -2.53. The van der Waals surface area contributed by atoms with Crippen LogP contribution in [0.1, 0.15) is 27.2 Å². The summed E-state index contributed by atoms with van der Waals surface area (Å²) in [6, 6.07) is -1.12. The number of rotatable bonds is 1. The summed E-state index contributed by atoms with van der Waals surface area (Å²) in [5.41, 5.74) is 4.64. The lowest BCUT2D eigenvalue weighted by molar-refractivity contribution is -0.134. The van der Waals surface area contributed by atoms with Gasteiger partial charge < -0.3 is 16.0 Å². The summed E-state index contributed by atoms with van der Waals surface area (Å²) in [7, 11) is 0. The number of imide groups is 1. The molecule has 2 saturated heterocycles. The van der Waals surface area contributed by atoms with Crippen LogP contribution in [0.25, 0.3) is 0 Å². The van der Waals surface area contributed by atoms with E-state index in [4.69, 9.17) is 5.73 Å². The largest absolute Gasteiger partial charge is 0.338 e. The van der Waals surface area contributed by atoms with E-state index in [0.29, 0.717) is 13.0 Å². The molecule has 2 fully saturated rings. The third-order valence-electron chi connectivity index (χ3n) is 3.79. The van der Waals surface area contributed by atoms with E-state index < -0.39 is 17.6 Å². The molecule has 2 heterocycles. The Labute approximate surface area is 111 Å². The Morgan fingerprint density at radius 2 is 2.05 bits per heavy atom. The molecular weight excluding hydrogens is 248 g/mol. The molecular formula is C12H20N4O3. The molecule has 2 atom stereocenters. The highest BCUT2D eigenvalue weighted by atomic mass is 16.2. The number of likely N-dealkylation sites (tertiary alicyclic amines) is 1. The van der Waals surface area contributed by atoms with Crippen molar-refractivity contribution >= 4 is 17.8 Å². The van der Waals surface area contributed by atoms with Gasteiger partial charge in [-0.05, 0) is 11.8 Å². The van der Waals surface area contributed by atoms with Crippen LogP contribution >= 0.6 is 0 Å². The van der Waals surface area contributed by atoms with Crippen molar-refractivity contribution in [3.05, 3.63) is 0 Å². The van der Waals surface area contributed by atoms with Gasteiger partial charge in [-0.1, -0.05) is 20.8 Å². The predicted molar refractivity (Wildman–Crippen MR) is 68.0 cm³/mol. The van der Waals surface area contributed by atoms with Crippen molar-refractivity contribution < 1.29 is 14.4 Å². The number of nitrogens with two attached hydrogens (primary N) is 1. The number of nitrogens with zero attached hydrogens (tertiary/aromatic N) is 1. The number of urea groups is 1. The van der Waals surface area contributed by atoms with Gasteiger partial charge in [-0.3, -0.25) is 14.9 Å². The summed E-state index contributed by atoms with van der Waals surface area (Å²) in [5.74, 6) is -0.546. The topological polar surface area (TPSA) is 105 Å². The van der Waals surface area contributed by atoms with Crippen molar-refractivity contribution in [3.63, 3.8) is 0 Å². The maximum absolute atomic E-state index is 12.3. The number of nitrogens with one attached hydrogen (secondary N) is 2. The van der Waals surface area contributed by atoms with Gasteiger partial charge in [-0.25, -0.2) is 4.79 Å². The smallest absolute Gasteiger partial charge is 0.322 e. The highest BCUT2D eigenvalue weighted by Gasteiger charge is 2.52. The van der Waals surface area contributed by atoms with Crippen molar-refractivity contribution in [2.75, 3.05) is 13.1 Å². The van der Waals surface area contributed by atoms with Crippen molar-refractivity contribution in [3.8, 4) is 0 Å². The molecule has 0 aromatic rings. The van der Waals surface area contributed by atoms with Gasteiger partial charge in [0.2, 0.25) is 5.91 Å². The van der Waals surface area contributed by atoms with Crippen LogP contribution < -0.4 is 16.4 Å². The fourth-order valence-electron chi connectivity index (χ4n) is 2.38. The average Bonchev–Trinajstić information content (AvgIpc) is 2.81. The fraction of sp³-hybridized carbons (Fsp3) is 0.750. The van der Waals surface area contributed by atoms with Crippen LogP contribution in [0.4, 0.5) is 4.79 Å². The van der Waals surface area contributed by atoms with Crippen molar-refractivity contribution in [2.45, 2.75) is 38.8 Å². The molecule has 1 spiro atoms. The van der Waals surface area contributed by atoms with E-state index in [0.717, 1.165) is 0 Å². The van der Waals surface area contributed by atoms with Gasteiger partial charge in [-0.2, -0.15) is 0 Å². The maximum atomic E-state index is 12.3. The number of hydrogen-bond acceptors (Lipinski definition) is 4. The van der Waals surface area contributed by atoms with Crippen LogP contribution in [0, 0.1) is 5.41 Å². The number of carbonyl (C=O) groups excluding carboxylic acids is 3. The van der Waals surface area contributed by atoms with Crippen LogP contribution in [-0.2, 0) is 9.59 Å². The van der Waals surface area contributed by atoms with E-state index in [-0.39, 0.29) is 23.8 Å². The molecule has 0 aromatic heterocycles. The molecule has 106 valence electrons. The SMILES string of the molecule is CC(C)(C)[C@@H](N)C(=O)N1CCC2(C1)NC(=O)NC2=O. The Bertz CT molecular complexity index is 443. The molecule has 0 saturated carbocycles. The van der Waals surface area contributed by atoms with Crippen LogP contribution in [0.2, 0.25) is 0 Å². The van der Waals surface area contributed by atoms with Gasteiger partial charge in [-0.15, -0.1) is 0 Å². The monoisotopic (exact) mass is 268 g/mol. The third kappa shape index (κ3) is 2.30. The molecule has 7 nitrogen and oxygen atoms in total. The van der Waals surface area contributed by atoms with Gasteiger partial charge in [0, 0.05) is 6.54 Å². The first-order chi connectivity index (χ1) is 8.66. The molecule has 0 radical (unpaired) electrons. The molecule has 19 heavy (non-hydrogen) atoms. The van der Waals surface area contributed by atoms with Gasteiger partial charge in [0.05, 0.1) is 12.6 Å². The van der Waals surface area contributed by atoms with Crippen LogP contribution in [0.15, 0.2) is 0 Å². The highest BCUT2D eigenvalue weighted by molar-refractivity contribution is 6.07. The summed E-state index contributed by atoms with van der Waals surface area (Å²) in [4.78, 5) is 36.8. The average molecular weight is 268 g/mol. The quantitative estimate of drug-likeness (QED) is 0.540. The first-order valence-corrected chi connectivity index (χ1v) is 6.34. The molecule has 0 aliphatic carbocycles. The second kappa shape index (κ2) is 4.19. The zero-order chi connectivity index (χ0) is 14.4. The summed E-state index contributed by atoms with van der Waals surface area (Å²) in [6.07, 6.45) is 0.424. The van der Waals surface area contributed by atoms with E-state index in [1.165, 1.54) is 0 Å². The van der Waals surface area contributed by atoms with Crippen molar-refractivity contribution in [2.24, 2.45) is 11.1 Å². The molecule has 2 rings (SSSR count). The second-order valence-electron chi connectivity index (χ2n) is 6.34. The highest BCUT2D eigenvalue weighted by Crippen LogP contribution is 2.27. The normalized spacial score (nSPS) is 28.5. The van der Waals surface area contributed by atoms with E-state index in [2.05, 4.69) is 10.6 Å². The first-order valence-electron chi connectivity index (χ1n) is 6.34. The molecule has 4 amide bonds. The van der Waals surface area contributed by atoms with Gasteiger partial charge in [0.25, 0.3) is 5.91 Å². The summed E-state index contributed by atoms with van der Waals surface area (Å²) >= 11 is 0. The number of carbonyl (C=O) groups is 3. The molecule has 0 aromatic carbocycles. The molecule has 7 heteroatoms. The van der Waals surface area contributed by atoms with Crippen molar-refractivity contribution in [1.29, 1.82) is 0 Å². The number of amides is 4. The second-order valence-corrected chi connectivity index (χ2v) is 6.34. The minimum atomic E-state index is -0.968. The Kier molecular flexibility index (Phi) is 3.04. The summed E-state index contributed by atoms with van der Waals surface area (Å²) < 4.78 is 0. The van der Waals surface area contributed by atoms with Gasteiger partial charge in [0.15, 0.2) is 0 Å². The minimum Gasteiger partial charge on any atom is -0.338 e. The maximum Gasteiger partial charge on any atom is 0.322 e. The molecule has 2 aliphatic rings. The van der Waals surface area contributed by atoms with Crippen LogP contribution in [0.5, 0.6) is 0 Å². The molecule has 2 aliphatic heterocycles. The zero-order valence-electron chi connectivity index (χ0n) is 11.4. The Hall–Kier alpha value is -1.63. The van der Waals surface area contributed by atoms with Gasteiger partial charge >= 0.3 is 6.03 Å². The predicted octanol–water partition coefficient (Wildman–Crippen LogP) is -0.830. The lowest BCUT2D eigenvalue weighted by atomic mass is 9.86. The summed E-state index contributed by atoms with van der Waals surface area (Å²) in [6.45, 7) is 6.30. The van der Waals surface area contributed by atoms with E-state index in [1.54, 1.807) is 4.90 Å². The van der Waals surface area contributed by atoms with E-state index in [1.807, 2.05) is 20.8 Å². The fourth-order valence-corrected chi connectivity index (χ4v) is 2.38. The Morgan fingerprint density at radius 3 is 2.53 bits per heavy atom. The Morgan fingerprint density at radius 1 is 1.42 bits per heavy atom. The zero-order valence-corrected chi connectivity index (χ0v) is 11.4. The lowest BCUT2D eigenvalue weighted by Gasteiger charge is -2.30. The first kappa shape index (κ1) is 13.8. The molecule has 4 N–H and O–H groups in total. The van der Waals surface area contributed by atoms with E-state index >= 15 is 0 Å². The molecule has 0 bridgehead atoms. The standard InChI is InChI=1S/C12H20N4O3/c1-11(2,3)7(13)8(17)16-5-4-12(6-16)9(18)14-10(19)15-12/h7H,4-6,13H2,1-3H3,(H2,14,15,18,19)/t7-,12?/m0/s1. The van der Waals surface area contributed by atoms with Crippen LogP contribution in [0.3, 0.4) is 0 Å².